The summed E-state index contributed by atoms with van der Waals surface area (Å²) >= 11 is 0. The lowest BCUT2D eigenvalue weighted by Crippen LogP contribution is -2.78. The van der Waals surface area contributed by atoms with E-state index < -0.39 is 47.3 Å². The molecule has 53 heavy (non-hydrogen) atoms. The average Bonchev–Trinajstić information content (AvgIpc) is 3.84. The van der Waals surface area contributed by atoms with Crippen LogP contribution in [0.1, 0.15) is 54.4 Å². The van der Waals surface area contributed by atoms with Crippen LogP contribution in [-0.2, 0) is 31.0 Å². The van der Waals surface area contributed by atoms with Gasteiger partial charge in [0.05, 0.1) is 28.2 Å². The van der Waals surface area contributed by atoms with Crippen molar-refractivity contribution in [2.24, 2.45) is 5.92 Å². The number of ether oxygens (including phenoxy) is 1. The Kier molecular flexibility index (Phi) is 8.45. The van der Waals surface area contributed by atoms with Crippen LogP contribution < -0.4 is 4.74 Å². The predicted molar refractivity (Wildman–Crippen MR) is 187 cm³/mol. The summed E-state index contributed by atoms with van der Waals surface area (Å²) in [5, 5.41) is 56.4. The van der Waals surface area contributed by atoms with Crippen LogP contribution in [0.15, 0.2) is 72.8 Å². The number of carbonyl (C=O) groups excluding carboxylic acids is 2. The first-order valence-corrected chi connectivity index (χ1v) is 17.9. The van der Waals surface area contributed by atoms with Gasteiger partial charge in [0.15, 0.2) is 23.7 Å². The summed E-state index contributed by atoms with van der Waals surface area (Å²) in [7, 11) is 0. The molecular weight excluding hydrogens is 684 g/mol. The molecule has 3 aliphatic heterocycles. The maximum Gasteiger partial charge on any atom is 0.335 e. The number of amides is 2. The fourth-order valence-corrected chi connectivity index (χ4v) is 9.58. The molecule has 13 nitrogen and oxygen atoms in total. The predicted octanol–water partition coefficient (Wildman–Crippen LogP) is 2.18. The minimum absolute atomic E-state index is 0.0506. The number of imide groups is 1. The molecular formula is C40H40N2O11. The maximum absolute atomic E-state index is 14.5. The van der Waals surface area contributed by atoms with E-state index in [1.807, 2.05) is 66.7 Å². The van der Waals surface area contributed by atoms with Crippen molar-refractivity contribution in [3.63, 3.8) is 0 Å². The largest absolute Gasteiger partial charge is 0.504 e. The number of benzene rings is 3. The van der Waals surface area contributed by atoms with E-state index in [9.17, 15) is 29.4 Å². The highest BCUT2D eigenvalue weighted by molar-refractivity contribution is 6.49. The SMILES string of the molecule is O=C(O)C(O)C(O)C(=O)O.O=C1C(c2ccccc2)=C(c2ccccc2)C(=O)N1[C@@H]1CC[C@@]2(O)[C@H]3Cc4ccc(O)c5c4[C@@]2(CCN3CC2CC2)[C@H]1O5. The van der Waals surface area contributed by atoms with E-state index in [1.54, 1.807) is 6.07 Å². The normalized spacial score (nSPS) is 29.5. The van der Waals surface area contributed by atoms with E-state index >= 15 is 0 Å². The molecule has 0 radical (unpaired) electrons. The highest BCUT2D eigenvalue weighted by atomic mass is 16.5. The first-order valence-electron chi connectivity index (χ1n) is 17.9. The standard InChI is InChI=1S/C36H34N2O5.C4H6O6/c39-26-14-13-24-19-27-36(42)16-15-25(32-35(36,30(24)31(26)43-32)17-18-37(27)20-21-11-12-21)38-33(40)28(22-7-3-1-4-8-22)29(34(38)41)23-9-5-2-6-10-23;5-1(3(7)8)2(6)4(9)10/h1-10,13-14,21,25,27,32,39,42H,11-12,15-20H2;1-2,5-6H,(H,7,8)(H,9,10)/t25-,27-,32+,35+,36-;/m1./s1. The number of hydrogen-bond donors (Lipinski definition) is 6. The molecule has 3 aromatic carbocycles. The number of aromatic hydroxyl groups is 1. The van der Waals surface area contributed by atoms with Gasteiger partial charge in [-0.1, -0.05) is 66.7 Å². The second-order valence-corrected chi connectivity index (χ2v) is 14.9. The summed E-state index contributed by atoms with van der Waals surface area (Å²) < 4.78 is 6.71. The lowest BCUT2D eigenvalue weighted by molar-refractivity contribution is -0.201. The number of likely N-dealkylation sites (tertiary alicyclic amines) is 1. The summed E-state index contributed by atoms with van der Waals surface area (Å²) in [5.74, 6) is -3.03. The van der Waals surface area contributed by atoms with Crippen LogP contribution in [0.25, 0.3) is 11.1 Å². The molecule has 6 N–H and O–H groups in total. The minimum atomic E-state index is -2.27. The Labute approximate surface area is 304 Å². The lowest BCUT2D eigenvalue weighted by Gasteiger charge is -2.64. The monoisotopic (exact) mass is 724 g/mol. The molecule has 13 heteroatoms. The van der Waals surface area contributed by atoms with E-state index in [2.05, 4.69) is 4.90 Å². The van der Waals surface area contributed by atoms with Gasteiger partial charge in [0.2, 0.25) is 0 Å². The zero-order valence-corrected chi connectivity index (χ0v) is 28.7. The van der Waals surface area contributed by atoms with E-state index in [0.717, 1.165) is 24.2 Å². The number of phenols is 1. The summed E-state index contributed by atoms with van der Waals surface area (Å²) in [6.45, 7) is 1.81. The van der Waals surface area contributed by atoms with Crippen molar-refractivity contribution < 1.29 is 54.6 Å². The molecule has 0 aromatic heterocycles. The number of phenolic OH excluding ortho intramolecular Hbond substituents is 1. The molecule has 2 amide bonds. The average molecular weight is 725 g/mol. The molecule has 7 atom stereocenters. The quantitative estimate of drug-likeness (QED) is 0.185. The molecule has 9 rings (SSSR count). The third kappa shape index (κ3) is 5.28. The first kappa shape index (κ1) is 35.0. The number of hydrogen-bond acceptors (Lipinski definition) is 10. The number of piperidine rings is 1. The van der Waals surface area contributed by atoms with Crippen LogP contribution in [0.5, 0.6) is 11.5 Å². The molecule has 1 spiro atoms. The van der Waals surface area contributed by atoms with Crippen LogP contribution in [0.2, 0.25) is 0 Å². The zero-order chi connectivity index (χ0) is 37.4. The van der Waals surface area contributed by atoms with Gasteiger partial charge < -0.3 is 35.4 Å². The van der Waals surface area contributed by atoms with Crippen molar-refractivity contribution in [1.82, 2.24) is 9.80 Å². The first-order chi connectivity index (χ1) is 25.4. The zero-order valence-electron chi connectivity index (χ0n) is 28.7. The molecule has 2 bridgehead atoms. The molecule has 2 unspecified atom stereocenters. The summed E-state index contributed by atoms with van der Waals surface area (Å²) in [6, 6.07) is 21.8. The maximum atomic E-state index is 14.5. The minimum Gasteiger partial charge on any atom is -0.504 e. The summed E-state index contributed by atoms with van der Waals surface area (Å²) in [4.78, 5) is 52.4. The molecule has 2 saturated carbocycles. The van der Waals surface area contributed by atoms with E-state index in [0.29, 0.717) is 59.6 Å². The summed E-state index contributed by atoms with van der Waals surface area (Å²) in [6.07, 6.45) is -0.455. The Balaban J connectivity index is 0.000000354. The second kappa shape index (κ2) is 12.8. The van der Waals surface area contributed by atoms with E-state index in [4.69, 9.17) is 25.2 Å². The van der Waals surface area contributed by atoms with Crippen LogP contribution in [0, 0.1) is 5.92 Å². The fraction of sp³-hybridized carbons (Fsp3) is 0.400. The van der Waals surface area contributed by atoms with Crippen LogP contribution >= 0.6 is 0 Å². The van der Waals surface area contributed by atoms with Crippen molar-refractivity contribution in [1.29, 1.82) is 0 Å². The fourth-order valence-electron chi connectivity index (χ4n) is 9.58. The smallest absolute Gasteiger partial charge is 0.335 e. The van der Waals surface area contributed by atoms with Gasteiger partial charge in [0.25, 0.3) is 11.8 Å². The van der Waals surface area contributed by atoms with Crippen LogP contribution in [0.3, 0.4) is 0 Å². The lowest BCUT2D eigenvalue weighted by atomic mass is 9.48. The number of nitrogens with zero attached hydrogens (tertiary/aromatic N) is 2. The molecule has 1 saturated heterocycles. The molecule has 6 aliphatic rings. The van der Waals surface area contributed by atoms with Crippen molar-refractivity contribution in [2.75, 3.05) is 13.1 Å². The van der Waals surface area contributed by atoms with Gasteiger partial charge >= 0.3 is 11.9 Å². The van der Waals surface area contributed by atoms with Crippen molar-refractivity contribution >= 4 is 34.9 Å². The Morgan fingerprint density at radius 3 is 1.91 bits per heavy atom. The molecule has 3 aliphatic carbocycles. The number of aliphatic hydroxyl groups is 3. The Bertz CT molecular complexity index is 1950. The number of carboxylic acids is 2. The highest BCUT2D eigenvalue weighted by Crippen LogP contribution is 2.66. The number of rotatable bonds is 8. The van der Waals surface area contributed by atoms with Gasteiger partial charge in [-0.15, -0.1) is 0 Å². The van der Waals surface area contributed by atoms with Gasteiger partial charge in [0, 0.05) is 18.2 Å². The molecule has 3 heterocycles. The number of carboxylic acid groups (broad SMARTS) is 2. The van der Waals surface area contributed by atoms with Crippen molar-refractivity contribution in [3.05, 3.63) is 95.1 Å². The third-order valence-corrected chi connectivity index (χ3v) is 12.1. The number of carbonyl (C=O) groups is 4. The van der Waals surface area contributed by atoms with Gasteiger partial charge in [0.1, 0.15) is 6.10 Å². The Morgan fingerprint density at radius 2 is 1.38 bits per heavy atom. The Morgan fingerprint density at radius 1 is 0.811 bits per heavy atom. The Hall–Kier alpha value is -5.08. The molecule has 3 fully saturated rings. The number of aliphatic hydroxyl groups excluding tert-OH is 2. The van der Waals surface area contributed by atoms with Crippen LogP contribution in [0.4, 0.5) is 0 Å². The van der Waals surface area contributed by atoms with Gasteiger partial charge in [-0.05, 0) is 73.7 Å². The second-order valence-electron chi connectivity index (χ2n) is 14.9. The summed E-state index contributed by atoms with van der Waals surface area (Å²) in [5.41, 5.74) is 2.29. The van der Waals surface area contributed by atoms with E-state index in [1.165, 1.54) is 17.7 Å². The third-order valence-electron chi connectivity index (χ3n) is 12.1. The van der Waals surface area contributed by atoms with Crippen molar-refractivity contribution in [3.8, 4) is 11.5 Å². The van der Waals surface area contributed by atoms with Crippen molar-refractivity contribution in [2.45, 2.75) is 79.9 Å². The van der Waals surface area contributed by atoms with Gasteiger partial charge in [-0.25, -0.2) is 9.59 Å². The van der Waals surface area contributed by atoms with Crippen LogP contribution in [-0.4, -0.2) is 113 Å². The van der Waals surface area contributed by atoms with Gasteiger partial charge in [-0.2, -0.15) is 0 Å². The molecule has 3 aromatic rings. The highest BCUT2D eigenvalue weighted by Gasteiger charge is 2.74. The van der Waals surface area contributed by atoms with Gasteiger partial charge in [-0.3, -0.25) is 19.4 Å². The number of aliphatic carboxylic acids is 2. The topological polar surface area (TPSA) is 205 Å². The van der Waals surface area contributed by atoms with E-state index in [-0.39, 0.29) is 23.6 Å². The molecule has 276 valence electrons.